The van der Waals surface area contributed by atoms with Crippen LogP contribution in [0.4, 0.5) is 11.4 Å². The van der Waals surface area contributed by atoms with Crippen LogP contribution in [0.15, 0.2) is 64.2 Å². The third-order valence-electron chi connectivity index (χ3n) is 5.54. The van der Waals surface area contributed by atoms with E-state index in [1.54, 1.807) is 40.6 Å². The van der Waals surface area contributed by atoms with E-state index in [9.17, 15) is 13.2 Å². The molecule has 1 aromatic heterocycles. The molecule has 0 saturated carbocycles. The third-order valence-corrected chi connectivity index (χ3v) is 9.11. The molecule has 0 spiro atoms. The molecule has 0 radical (unpaired) electrons. The molecule has 7 nitrogen and oxygen atoms in total. The Morgan fingerprint density at radius 3 is 2.58 bits per heavy atom. The molecule has 172 valence electrons. The summed E-state index contributed by atoms with van der Waals surface area (Å²) in [5.41, 5.74) is 8.81. The molecule has 3 N–H and O–H groups in total. The lowest BCUT2D eigenvalue weighted by atomic mass is 9.99. The van der Waals surface area contributed by atoms with Crippen LogP contribution >= 0.6 is 23.1 Å². The SMILES string of the molecule is N=C(N)c1ccc(CCC(=O)N2CCCc3cccc(N(Cl)S(=O)(=O)c4cccs4)c32)cc1. The molecular weight excluding hydrogens is 480 g/mol. The predicted octanol–water partition coefficient (Wildman–Crippen LogP) is 4.29. The number of para-hydroxylation sites is 1. The summed E-state index contributed by atoms with van der Waals surface area (Å²) in [6.45, 7) is 0.496. The van der Waals surface area contributed by atoms with Gasteiger partial charge in [0.25, 0.3) is 10.0 Å². The average Bonchev–Trinajstić information content (AvgIpc) is 3.37. The lowest BCUT2D eigenvalue weighted by Gasteiger charge is -2.33. The molecule has 0 saturated heterocycles. The number of rotatable bonds is 7. The first kappa shape index (κ1) is 23.3. The molecule has 0 atom stereocenters. The second kappa shape index (κ2) is 9.54. The zero-order valence-electron chi connectivity index (χ0n) is 17.7. The number of amidine groups is 1. The van der Waals surface area contributed by atoms with Gasteiger partial charge in [0.1, 0.15) is 10.0 Å². The Hall–Kier alpha value is -2.88. The molecule has 0 aliphatic carbocycles. The Morgan fingerprint density at radius 2 is 1.91 bits per heavy atom. The maximum Gasteiger partial charge on any atom is 0.287 e. The summed E-state index contributed by atoms with van der Waals surface area (Å²) in [7, 11) is -3.95. The van der Waals surface area contributed by atoms with E-state index in [0.29, 0.717) is 24.2 Å². The van der Waals surface area contributed by atoms with Crippen LogP contribution in [0.5, 0.6) is 0 Å². The summed E-state index contributed by atoms with van der Waals surface area (Å²) in [5.74, 6) is -0.101. The fraction of sp³-hybridized carbons (Fsp3) is 0.217. The van der Waals surface area contributed by atoms with Crippen molar-refractivity contribution in [1.29, 1.82) is 5.41 Å². The van der Waals surface area contributed by atoms with Crippen molar-refractivity contribution in [3.8, 4) is 0 Å². The van der Waals surface area contributed by atoms with Crippen molar-refractivity contribution in [1.82, 2.24) is 0 Å². The molecule has 1 aliphatic rings. The third kappa shape index (κ3) is 4.75. The number of nitrogens with two attached hydrogens (primary N) is 1. The quantitative estimate of drug-likeness (QED) is 0.285. The molecule has 0 bridgehead atoms. The molecule has 33 heavy (non-hydrogen) atoms. The number of thiophene rings is 1. The van der Waals surface area contributed by atoms with E-state index >= 15 is 0 Å². The summed E-state index contributed by atoms with van der Waals surface area (Å²) in [4.78, 5) is 14.9. The van der Waals surface area contributed by atoms with Crippen LogP contribution in [0.1, 0.15) is 29.5 Å². The molecule has 2 aromatic carbocycles. The first-order chi connectivity index (χ1) is 15.8. The molecule has 3 aromatic rings. The smallest absolute Gasteiger partial charge is 0.287 e. The minimum absolute atomic E-state index is 0.00166. The van der Waals surface area contributed by atoms with Gasteiger partial charge >= 0.3 is 0 Å². The van der Waals surface area contributed by atoms with Crippen LogP contribution in [0, 0.1) is 5.41 Å². The minimum atomic E-state index is -3.95. The Labute approximate surface area is 202 Å². The number of sulfonamides is 1. The number of amides is 1. The fourth-order valence-corrected chi connectivity index (χ4v) is 6.50. The summed E-state index contributed by atoms with van der Waals surface area (Å²) >= 11 is 7.49. The number of nitrogens with one attached hydrogen (secondary N) is 1. The van der Waals surface area contributed by atoms with Crippen molar-refractivity contribution in [2.75, 3.05) is 15.3 Å². The highest BCUT2D eigenvalue weighted by molar-refractivity contribution is 7.96. The lowest BCUT2D eigenvalue weighted by molar-refractivity contribution is -0.118. The standard InChI is InChI=1S/C23H23ClN4O3S2/c24-28(33(30,31)21-7-3-15-32-21)19-6-1-4-17-5-2-14-27(22(17)19)20(29)13-10-16-8-11-18(12-9-16)23(25)26/h1,3-4,6-9,11-12,15H,2,5,10,13-14H2,(H3,25,26). The predicted molar refractivity (Wildman–Crippen MR) is 133 cm³/mol. The first-order valence-corrected chi connectivity index (χ1v) is 13.0. The normalized spacial score (nSPS) is 13.4. The number of nitrogens with zero attached hydrogens (tertiary/aromatic N) is 2. The highest BCUT2D eigenvalue weighted by Gasteiger charge is 2.32. The molecule has 2 heterocycles. The van der Waals surface area contributed by atoms with Gasteiger partial charge in [-0.2, -0.15) is 12.2 Å². The Balaban J connectivity index is 1.59. The second-order valence-electron chi connectivity index (χ2n) is 7.70. The number of hydrogen-bond donors (Lipinski definition) is 2. The number of anilines is 2. The summed E-state index contributed by atoms with van der Waals surface area (Å²) in [5, 5.41) is 9.16. The van der Waals surface area contributed by atoms with E-state index in [2.05, 4.69) is 0 Å². The Kier molecular flexibility index (Phi) is 6.73. The van der Waals surface area contributed by atoms with Crippen molar-refractivity contribution in [2.45, 2.75) is 29.9 Å². The Morgan fingerprint density at radius 1 is 1.15 bits per heavy atom. The van der Waals surface area contributed by atoms with Gasteiger partial charge in [0.05, 0.1) is 11.4 Å². The van der Waals surface area contributed by atoms with Gasteiger partial charge in [-0.25, -0.2) is 0 Å². The van der Waals surface area contributed by atoms with Gasteiger partial charge in [-0.1, -0.05) is 42.5 Å². The van der Waals surface area contributed by atoms with Gasteiger partial charge < -0.3 is 10.6 Å². The van der Waals surface area contributed by atoms with Crippen LogP contribution in [0.3, 0.4) is 0 Å². The summed E-state index contributed by atoms with van der Waals surface area (Å²) < 4.78 is 26.9. The van der Waals surface area contributed by atoms with Crippen molar-refractivity contribution < 1.29 is 13.2 Å². The average molecular weight is 503 g/mol. The summed E-state index contributed by atoms with van der Waals surface area (Å²) in [6, 6.07) is 15.7. The molecule has 1 amide bonds. The zero-order chi connectivity index (χ0) is 23.6. The van der Waals surface area contributed by atoms with E-state index in [-0.39, 0.29) is 28.1 Å². The van der Waals surface area contributed by atoms with Crippen LogP contribution in [-0.2, 0) is 27.7 Å². The molecule has 4 rings (SSSR count). The van der Waals surface area contributed by atoms with Gasteiger partial charge in [0.2, 0.25) is 5.91 Å². The molecule has 0 unspecified atom stereocenters. The minimum Gasteiger partial charge on any atom is -0.384 e. The second-order valence-corrected chi connectivity index (χ2v) is 11.2. The van der Waals surface area contributed by atoms with Crippen molar-refractivity contribution in [3.63, 3.8) is 0 Å². The van der Waals surface area contributed by atoms with E-state index in [1.807, 2.05) is 18.2 Å². The maximum absolute atomic E-state index is 13.2. The van der Waals surface area contributed by atoms with Crippen molar-refractivity contribution in [3.05, 3.63) is 76.7 Å². The lowest BCUT2D eigenvalue weighted by Crippen LogP contribution is -2.37. The zero-order valence-corrected chi connectivity index (χ0v) is 20.1. The van der Waals surface area contributed by atoms with Crippen LogP contribution in [0.25, 0.3) is 0 Å². The number of benzene rings is 2. The molecular formula is C23H23ClN4O3S2. The van der Waals surface area contributed by atoms with E-state index in [4.69, 9.17) is 22.9 Å². The number of nitrogen functional groups attached to an aromatic ring is 1. The first-order valence-electron chi connectivity index (χ1n) is 10.4. The number of aryl methyl sites for hydroxylation is 2. The van der Waals surface area contributed by atoms with Gasteiger partial charge in [-0.3, -0.25) is 10.2 Å². The number of carbonyl (C=O) groups excluding carboxylic acids is 1. The summed E-state index contributed by atoms with van der Waals surface area (Å²) in [6.07, 6.45) is 2.30. The van der Waals surface area contributed by atoms with Gasteiger partial charge in [0, 0.05) is 30.3 Å². The molecule has 1 aliphatic heterocycles. The highest BCUT2D eigenvalue weighted by atomic mass is 35.5. The monoisotopic (exact) mass is 502 g/mol. The molecule has 0 fully saturated rings. The largest absolute Gasteiger partial charge is 0.384 e. The Bertz CT molecular complexity index is 1280. The number of hydrogen-bond acceptors (Lipinski definition) is 5. The number of halogens is 1. The fourth-order valence-electron chi connectivity index (χ4n) is 3.88. The van der Waals surface area contributed by atoms with Gasteiger partial charge in [0.15, 0.2) is 0 Å². The highest BCUT2D eigenvalue weighted by Crippen LogP contribution is 2.41. The van der Waals surface area contributed by atoms with E-state index in [0.717, 1.165) is 39.1 Å². The van der Waals surface area contributed by atoms with Crippen molar-refractivity contribution >= 4 is 56.3 Å². The van der Waals surface area contributed by atoms with Crippen LogP contribution in [0.2, 0.25) is 0 Å². The molecule has 10 heteroatoms. The van der Waals surface area contributed by atoms with Crippen LogP contribution in [-0.4, -0.2) is 26.7 Å². The topological polar surface area (TPSA) is 108 Å². The number of carbonyl (C=O) groups is 1. The van der Waals surface area contributed by atoms with E-state index in [1.165, 1.54) is 6.07 Å². The van der Waals surface area contributed by atoms with E-state index < -0.39 is 10.0 Å². The van der Waals surface area contributed by atoms with Gasteiger partial charge in [-0.05, 0) is 47.9 Å². The van der Waals surface area contributed by atoms with Crippen LogP contribution < -0.4 is 14.5 Å². The number of fused-ring (bicyclic) bond motifs is 1. The maximum atomic E-state index is 13.2. The van der Waals surface area contributed by atoms with Crippen molar-refractivity contribution in [2.24, 2.45) is 5.73 Å². The van der Waals surface area contributed by atoms with Gasteiger partial charge in [-0.15, -0.1) is 11.3 Å².